The highest BCUT2D eigenvalue weighted by Gasteiger charge is 2.23. The number of hydrogen-bond donors (Lipinski definition) is 0. The van der Waals surface area contributed by atoms with Gasteiger partial charge in [-0.25, -0.2) is 0 Å². The predicted octanol–water partition coefficient (Wildman–Crippen LogP) is 3.95. The number of non-ortho nitro benzene ring substituents is 1. The van der Waals surface area contributed by atoms with Crippen LogP contribution in [-0.2, 0) is 6.54 Å². The molecule has 0 N–H and O–H groups in total. The smallest absolute Gasteiger partial charge is 0.290 e. The second kappa shape index (κ2) is 8.78. The molecular weight excluding hydrogens is 414 g/mol. The molecule has 0 spiro atoms. The zero-order valence-corrected chi connectivity index (χ0v) is 17.1. The Labute approximate surface area is 174 Å². The molecule has 156 valence electrons. The zero-order valence-electron chi connectivity index (χ0n) is 16.3. The first-order chi connectivity index (χ1) is 14.4. The summed E-state index contributed by atoms with van der Waals surface area (Å²) in [5.74, 6) is 1.69. The summed E-state index contributed by atoms with van der Waals surface area (Å²) in [5, 5.41) is 31.1. The van der Waals surface area contributed by atoms with E-state index in [9.17, 15) is 20.2 Å². The summed E-state index contributed by atoms with van der Waals surface area (Å²) in [6.07, 6.45) is 0. The minimum absolute atomic E-state index is 0.225. The van der Waals surface area contributed by atoms with Gasteiger partial charge in [-0.2, -0.15) is 0 Å². The summed E-state index contributed by atoms with van der Waals surface area (Å²) in [7, 11) is 3.08. The molecule has 0 bridgehead atoms. The molecule has 2 aromatic carbocycles. The highest BCUT2D eigenvalue weighted by molar-refractivity contribution is 7.99. The van der Waals surface area contributed by atoms with Crippen molar-refractivity contribution in [1.29, 1.82) is 0 Å². The molecule has 1 aromatic heterocycles. The van der Waals surface area contributed by atoms with Gasteiger partial charge in [-0.05, 0) is 36.9 Å². The van der Waals surface area contributed by atoms with E-state index in [0.29, 0.717) is 34.6 Å². The van der Waals surface area contributed by atoms with E-state index in [-0.39, 0.29) is 16.3 Å². The molecule has 0 aliphatic heterocycles. The first kappa shape index (κ1) is 21.0. The van der Waals surface area contributed by atoms with Gasteiger partial charge in [0.2, 0.25) is 0 Å². The quantitative estimate of drug-likeness (QED) is 0.383. The largest absolute Gasteiger partial charge is 0.497 e. The van der Waals surface area contributed by atoms with Gasteiger partial charge < -0.3 is 14.0 Å². The molecule has 0 fully saturated rings. The molecule has 3 aromatic rings. The minimum atomic E-state index is -0.676. The second-order valence-corrected chi connectivity index (χ2v) is 6.93. The summed E-state index contributed by atoms with van der Waals surface area (Å²) >= 11 is 1.01. The monoisotopic (exact) mass is 431 g/mol. The van der Waals surface area contributed by atoms with Crippen molar-refractivity contribution in [3.05, 3.63) is 56.6 Å². The Balaban J connectivity index is 2.04. The first-order valence-corrected chi connectivity index (χ1v) is 9.46. The van der Waals surface area contributed by atoms with E-state index in [2.05, 4.69) is 10.2 Å². The van der Waals surface area contributed by atoms with Crippen LogP contribution in [0.5, 0.6) is 11.5 Å². The summed E-state index contributed by atoms with van der Waals surface area (Å²) in [5.41, 5.74) is -0.0257. The van der Waals surface area contributed by atoms with Crippen molar-refractivity contribution in [1.82, 2.24) is 14.8 Å². The first-order valence-electron chi connectivity index (χ1n) is 8.65. The number of aromatic nitrogens is 3. The van der Waals surface area contributed by atoms with Crippen molar-refractivity contribution in [2.24, 2.45) is 0 Å². The van der Waals surface area contributed by atoms with E-state index < -0.39 is 9.85 Å². The van der Waals surface area contributed by atoms with Crippen LogP contribution >= 0.6 is 11.8 Å². The maximum Gasteiger partial charge on any atom is 0.290 e. The highest BCUT2D eigenvalue weighted by atomic mass is 32.2. The van der Waals surface area contributed by atoms with Gasteiger partial charge in [-0.3, -0.25) is 20.2 Å². The highest BCUT2D eigenvalue weighted by Crippen LogP contribution is 2.38. The van der Waals surface area contributed by atoms with Crippen LogP contribution in [0.15, 0.2) is 46.5 Å². The molecular formula is C18H17N5O6S. The third-order valence-corrected chi connectivity index (χ3v) is 5.24. The van der Waals surface area contributed by atoms with Gasteiger partial charge in [0.05, 0.1) is 35.0 Å². The standard InChI is InChI=1S/C18H17N5O6S/c1-4-21-17(11-7-13(28-2)10-14(8-11)29-3)19-20-18(21)30-16-6-5-12(22(24)25)9-15(16)23(26)27/h5-10H,4H2,1-3H3. The molecule has 3 rings (SSSR count). The van der Waals surface area contributed by atoms with Crippen molar-refractivity contribution < 1.29 is 19.3 Å². The lowest BCUT2D eigenvalue weighted by molar-refractivity contribution is -0.396. The minimum Gasteiger partial charge on any atom is -0.497 e. The predicted molar refractivity (Wildman–Crippen MR) is 108 cm³/mol. The van der Waals surface area contributed by atoms with Crippen molar-refractivity contribution in [2.75, 3.05) is 14.2 Å². The lowest BCUT2D eigenvalue weighted by atomic mass is 10.2. The molecule has 0 aliphatic carbocycles. The van der Waals surface area contributed by atoms with E-state index in [4.69, 9.17) is 9.47 Å². The van der Waals surface area contributed by atoms with Gasteiger partial charge in [0.1, 0.15) is 11.5 Å². The molecule has 11 nitrogen and oxygen atoms in total. The van der Waals surface area contributed by atoms with E-state index in [1.165, 1.54) is 26.4 Å². The Bertz CT molecular complexity index is 1090. The molecule has 12 heteroatoms. The molecule has 0 atom stereocenters. The van der Waals surface area contributed by atoms with E-state index >= 15 is 0 Å². The van der Waals surface area contributed by atoms with Gasteiger partial charge in [0, 0.05) is 24.2 Å². The number of nitro benzene ring substituents is 2. The maximum absolute atomic E-state index is 11.4. The summed E-state index contributed by atoms with van der Waals surface area (Å²) in [6.45, 7) is 2.38. The fraction of sp³-hybridized carbons (Fsp3) is 0.222. The van der Waals surface area contributed by atoms with E-state index in [1.54, 1.807) is 22.8 Å². The van der Waals surface area contributed by atoms with Crippen LogP contribution in [-0.4, -0.2) is 38.8 Å². The van der Waals surface area contributed by atoms with Gasteiger partial charge in [-0.1, -0.05) is 0 Å². The topological polar surface area (TPSA) is 135 Å². The van der Waals surface area contributed by atoms with Crippen LogP contribution in [0.3, 0.4) is 0 Å². The Morgan fingerprint density at radius 3 is 2.20 bits per heavy atom. The third-order valence-electron chi connectivity index (χ3n) is 4.19. The maximum atomic E-state index is 11.4. The number of methoxy groups -OCH3 is 2. The average molecular weight is 431 g/mol. The zero-order chi connectivity index (χ0) is 21.8. The molecule has 0 amide bonds. The fourth-order valence-electron chi connectivity index (χ4n) is 2.75. The summed E-state index contributed by atoms with van der Waals surface area (Å²) < 4.78 is 12.4. The second-order valence-electron chi connectivity index (χ2n) is 5.92. The van der Waals surface area contributed by atoms with Crippen LogP contribution in [0, 0.1) is 20.2 Å². The summed E-state index contributed by atoms with van der Waals surface area (Å²) in [6, 6.07) is 8.78. The van der Waals surface area contributed by atoms with E-state index in [0.717, 1.165) is 17.8 Å². The normalized spacial score (nSPS) is 10.6. The number of hydrogen-bond acceptors (Lipinski definition) is 9. The van der Waals surface area contributed by atoms with Crippen molar-refractivity contribution >= 4 is 23.1 Å². The molecule has 0 saturated carbocycles. The Hall–Kier alpha value is -3.67. The lowest BCUT2D eigenvalue weighted by Gasteiger charge is -2.10. The number of nitrogens with zero attached hydrogens (tertiary/aromatic N) is 5. The molecule has 0 saturated heterocycles. The van der Waals surface area contributed by atoms with Crippen LogP contribution < -0.4 is 9.47 Å². The van der Waals surface area contributed by atoms with Crippen LogP contribution in [0.1, 0.15) is 6.92 Å². The van der Waals surface area contributed by atoms with Crippen LogP contribution in [0.4, 0.5) is 11.4 Å². The average Bonchev–Trinajstić information content (AvgIpc) is 3.15. The Morgan fingerprint density at radius 2 is 1.67 bits per heavy atom. The third kappa shape index (κ3) is 4.17. The van der Waals surface area contributed by atoms with Gasteiger partial charge in [0.25, 0.3) is 11.4 Å². The number of nitro groups is 2. The van der Waals surface area contributed by atoms with Gasteiger partial charge in [0.15, 0.2) is 11.0 Å². The number of rotatable bonds is 8. The molecule has 30 heavy (non-hydrogen) atoms. The molecule has 1 heterocycles. The molecule has 0 radical (unpaired) electrons. The SMILES string of the molecule is CCn1c(Sc2ccc([N+](=O)[O-])cc2[N+](=O)[O-])nnc1-c1cc(OC)cc(OC)c1. The van der Waals surface area contributed by atoms with Gasteiger partial charge in [-0.15, -0.1) is 10.2 Å². The number of ether oxygens (including phenoxy) is 2. The lowest BCUT2D eigenvalue weighted by Crippen LogP contribution is -2.01. The Kier molecular flexibility index (Phi) is 6.16. The Morgan fingerprint density at radius 1 is 1.00 bits per heavy atom. The molecule has 0 aliphatic rings. The van der Waals surface area contributed by atoms with Gasteiger partial charge >= 0.3 is 0 Å². The van der Waals surface area contributed by atoms with Crippen molar-refractivity contribution in [3.8, 4) is 22.9 Å². The van der Waals surface area contributed by atoms with E-state index in [1.807, 2.05) is 6.92 Å². The van der Waals surface area contributed by atoms with Crippen LogP contribution in [0.2, 0.25) is 0 Å². The van der Waals surface area contributed by atoms with Crippen molar-refractivity contribution in [3.63, 3.8) is 0 Å². The number of benzene rings is 2. The fourth-order valence-corrected chi connectivity index (χ4v) is 3.72. The summed E-state index contributed by atoms with van der Waals surface area (Å²) in [4.78, 5) is 21.2. The van der Waals surface area contributed by atoms with Crippen LogP contribution in [0.25, 0.3) is 11.4 Å². The van der Waals surface area contributed by atoms with Crippen molar-refractivity contribution in [2.45, 2.75) is 23.5 Å². The molecule has 0 unspecified atom stereocenters.